The molecule has 0 unspecified atom stereocenters. The lowest BCUT2D eigenvalue weighted by molar-refractivity contribution is 0.520. The molecule has 2 aromatic heterocycles. The average molecular weight is 725 g/mol. The number of nitrogens with zero attached hydrogens (tertiary/aromatic N) is 6. The second-order valence-electron chi connectivity index (χ2n) is 13.4. The Morgan fingerprint density at radius 1 is 0.491 bits per heavy atom. The Kier molecular flexibility index (Phi) is 11.5. The zero-order valence-electron chi connectivity index (χ0n) is 29.7. The van der Waals surface area contributed by atoms with Crippen LogP contribution in [-0.2, 0) is 0 Å². The van der Waals surface area contributed by atoms with Crippen molar-refractivity contribution in [2.24, 2.45) is 0 Å². The predicted octanol–water partition coefficient (Wildman–Crippen LogP) is 8.27. The number of anilines is 6. The molecule has 0 radical (unpaired) electrons. The van der Waals surface area contributed by atoms with Gasteiger partial charge < -0.3 is 31.9 Å². The number of nitrogens with one attached hydrogen (secondary N) is 2. The van der Waals surface area contributed by atoms with Crippen molar-refractivity contribution in [2.45, 2.75) is 37.8 Å². The van der Waals surface area contributed by atoms with Crippen LogP contribution in [0.4, 0.5) is 34.6 Å². The highest BCUT2D eigenvalue weighted by Crippen LogP contribution is 2.31. The van der Waals surface area contributed by atoms with E-state index in [2.05, 4.69) is 76.8 Å². The minimum atomic E-state index is 0.393. The minimum absolute atomic E-state index is 0.393. The summed E-state index contributed by atoms with van der Waals surface area (Å²) in [7, 11) is 0. The molecule has 270 valence electrons. The lowest BCUT2D eigenvalue weighted by Crippen LogP contribution is -2.40. The Balaban J connectivity index is 0.000000164. The molecule has 4 heterocycles. The zero-order chi connectivity index (χ0) is 36.4. The third kappa shape index (κ3) is 9.33. The molecule has 0 bridgehead atoms. The van der Waals surface area contributed by atoms with Crippen molar-refractivity contribution in [3.05, 3.63) is 133 Å². The quantitative estimate of drug-likeness (QED) is 0.114. The first-order valence-electron chi connectivity index (χ1n) is 18.2. The number of hydrogen-bond acceptors (Lipinski definition) is 10. The van der Waals surface area contributed by atoms with Gasteiger partial charge in [-0.2, -0.15) is 0 Å². The van der Waals surface area contributed by atoms with Gasteiger partial charge >= 0.3 is 0 Å². The molecule has 0 aliphatic carbocycles. The van der Waals surface area contributed by atoms with Gasteiger partial charge in [-0.05, 0) is 96.5 Å². The summed E-state index contributed by atoms with van der Waals surface area (Å²) in [4.78, 5) is 21.8. The van der Waals surface area contributed by atoms with Gasteiger partial charge in [-0.25, -0.2) is 19.9 Å². The number of hydrogen-bond donors (Lipinski definition) is 4. The predicted molar refractivity (Wildman–Crippen MR) is 219 cm³/mol. The smallest absolute Gasteiger partial charge is 0.225 e. The molecule has 10 nitrogen and oxygen atoms in total. The fraction of sp³-hybridized carbons (Fsp3) is 0.238. The molecule has 4 aromatic carbocycles. The van der Waals surface area contributed by atoms with E-state index in [1.165, 1.54) is 5.56 Å². The summed E-state index contributed by atoms with van der Waals surface area (Å²) in [5.41, 5.74) is 20.6. The number of halogens is 1. The number of nitrogens with two attached hydrogens (primary N) is 2. The van der Waals surface area contributed by atoms with E-state index >= 15 is 0 Å². The Morgan fingerprint density at radius 3 is 1.38 bits per heavy atom. The van der Waals surface area contributed by atoms with Gasteiger partial charge in [0.1, 0.15) is 0 Å². The molecule has 0 spiro atoms. The number of aromatic nitrogens is 4. The van der Waals surface area contributed by atoms with E-state index in [1.54, 1.807) is 24.8 Å². The van der Waals surface area contributed by atoms with Gasteiger partial charge in [0, 0.05) is 68.1 Å². The number of benzene rings is 4. The van der Waals surface area contributed by atoms with Crippen LogP contribution in [0.3, 0.4) is 0 Å². The van der Waals surface area contributed by atoms with E-state index < -0.39 is 0 Å². The van der Waals surface area contributed by atoms with Crippen LogP contribution < -0.4 is 31.9 Å². The summed E-state index contributed by atoms with van der Waals surface area (Å²) in [6.45, 7) is 3.76. The maximum absolute atomic E-state index is 6.31. The van der Waals surface area contributed by atoms with Crippen molar-refractivity contribution in [2.75, 3.05) is 58.1 Å². The van der Waals surface area contributed by atoms with Gasteiger partial charge in [0.15, 0.2) is 0 Å². The topological polar surface area (TPSA) is 134 Å². The highest BCUT2D eigenvalue weighted by atomic mass is 35.5. The fourth-order valence-electron chi connectivity index (χ4n) is 6.84. The normalized spacial score (nSPS) is 15.0. The summed E-state index contributed by atoms with van der Waals surface area (Å²) < 4.78 is 0. The van der Waals surface area contributed by atoms with Crippen LogP contribution in [0.25, 0.3) is 22.3 Å². The van der Waals surface area contributed by atoms with E-state index in [1.807, 2.05) is 66.7 Å². The van der Waals surface area contributed by atoms with Crippen LogP contribution in [0.15, 0.2) is 128 Å². The molecule has 2 fully saturated rings. The first-order valence-corrected chi connectivity index (χ1v) is 18.5. The third-order valence-electron chi connectivity index (χ3n) is 9.75. The van der Waals surface area contributed by atoms with Crippen LogP contribution in [0.2, 0.25) is 5.02 Å². The average Bonchev–Trinajstić information content (AvgIpc) is 3.21. The molecule has 11 heteroatoms. The van der Waals surface area contributed by atoms with E-state index in [4.69, 9.17) is 23.1 Å². The summed E-state index contributed by atoms with van der Waals surface area (Å²) in [6, 6.07) is 35.0. The van der Waals surface area contributed by atoms with Crippen molar-refractivity contribution >= 4 is 46.2 Å². The van der Waals surface area contributed by atoms with Crippen LogP contribution in [0.5, 0.6) is 0 Å². The van der Waals surface area contributed by atoms with E-state index in [0.29, 0.717) is 12.1 Å². The molecule has 2 saturated heterocycles. The molecule has 53 heavy (non-hydrogen) atoms. The number of piperidine rings is 2. The Bertz CT molecular complexity index is 2050. The maximum atomic E-state index is 6.31. The van der Waals surface area contributed by atoms with Crippen molar-refractivity contribution in [1.82, 2.24) is 19.9 Å². The summed E-state index contributed by atoms with van der Waals surface area (Å²) >= 11 is 6.09. The first-order chi connectivity index (χ1) is 26.0. The highest BCUT2D eigenvalue weighted by molar-refractivity contribution is 6.30. The third-order valence-corrected chi connectivity index (χ3v) is 9.98. The lowest BCUT2D eigenvalue weighted by atomic mass is 10.0. The fourth-order valence-corrected chi connectivity index (χ4v) is 7.03. The van der Waals surface area contributed by atoms with Gasteiger partial charge in [0.05, 0.1) is 22.7 Å². The summed E-state index contributed by atoms with van der Waals surface area (Å²) in [5, 5.41) is 7.92. The second kappa shape index (κ2) is 17.1. The van der Waals surface area contributed by atoms with Gasteiger partial charge in [-0.3, -0.25) is 0 Å². The standard InChI is InChI=1S/C21H22ClN5.C21H23N5/c22-17-4-1-3-15(13-17)16-5-6-20(19(23)14-16)26-18-7-11-27(12-8-18)21-24-9-2-10-25-21;22-19-15-17(16-5-2-1-3-6-16)7-8-20(19)25-18-9-13-26(14-10-18)21-23-11-4-12-24-21/h1-6,9-10,13-14,18,26H,7-8,11-12,23H2;1-8,11-12,15,18,25H,9-10,13-14,22H2. The zero-order valence-corrected chi connectivity index (χ0v) is 30.4. The van der Waals surface area contributed by atoms with Gasteiger partial charge in [-0.1, -0.05) is 66.2 Å². The first kappa shape index (κ1) is 35.5. The Morgan fingerprint density at radius 2 is 0.925 bits per heavy atom. The summed E-state index contributed by atoms with van der Waals surface area (Å²) in [6.07, 6.45) is 11.3. The van der Waals surface area contributed by atoms with Crippen molar-refractivity contribution in [3.8, 4) is 22.3 Å². The van der Waals surface area contributed by atoms with E-state index in [-0.39, 0.29) is 0 Å². The molecule has 8 rings (SSSR count). The molecule has 0 saturated carbocycles. The van der Waals surface area contributed by atoms with Crippen LogP contribution >= 0.6 is 11.6 Å². The number of nitrogen functional groups attached to an aromatic ring is 2. The Hall–Kier alpha value is -5.87. The maximum Gasteiger partial charge on any atom is 0.225 e. The van der Waals surface area contributed by atoms with Crippen LogP contribution in [-0.4, -0.2) is 58.2 Å². The molecule has 0 atom stereocenters. The van der Waals surface area contributed by atoms with Crippen molar-refractivity contribution in [1.29, 1.82) is 0 Å². The molecular formula is C42H45ClN10. The largest absolute Gasteiger partial charge is 0.397 e. The van der Waals surface area contributed by atoms with Gasteiger partial charge in [0.25, 0.3) is 0 Å². The Labute approximate surface area is 316 Å². The SMILES string of the molecule is Nc1cc(-c2cccc(Cl)c2)ccc1NC1CCN(c2ncccn2)CC1.Nc1cc(-c2ccccc2)ccc1NC1CCN(c2ncccn2)CC1. The van der Waals surface area contributed by atoms with Crippen LogP contribution in [0.1, 0.15) is 25.7 Å². The monoisotopic (exact) mass is 724 g/mol. The van der Waals surface area contributed by atoms with Crippen molar-refractivity contribution < 1.29 is 0 Å². The minimum Gasteiger partial charge on any atom is -0.397 e. The van der Waals surface area contributed by atoms with E-state index in [9.17, 15) is 0 Å². The van der Waals surface area contributed by atoms with Crippen LogP contribution in [0, 0.1) is 0 Å². The molecule has 6 N–H and O–H groups in total. The molecule has 6 aromatic rings. The second-order valence-corrected chi connectivity index (χ2v) is 13.8. The molecule has 0 amide bonds. The van der Waals surface area contributed by atoms with Crippen molar-refractivity contribution in [3.63, 3.8) is 0 Å². The molecule has 2 aliphatic rings. The van der Waals surface area contributed by atoms with Gasteiger partial charge in [-0.15, -0.1) is 0 Å². The summed E-state index contributed by atoms with van der Waals surface area (Å²) in [5.74, 6) is 1.62. The van der Waals surface area contributed by atoms with Gasteiger partial charge in [0.2, 0.25) is 11.9 Å². The molecule has 2 aliphatic heterocycles. The number of rotatable bonds is 8. The molecular weight excluding hydrogens is 680 g/mol. The lowest BCUT2D eigenvalue weighted by Gasteiger charge is -2.33. The highest BCUT2D eigenvalue weighted by Gasteiger charge is 2.22. The van der Waals surface area contributed by atoms with E-state index in [0.717, 1.165) is 108 Å².